The number of nitrogens with two attached hydrogens (primary N) is 1. The molecule has 0 saturated carbocycles. The maximum Gasteiger partial charge on any atom is 0.156 e. The van der Waals surface area contributed by atoms with E-state index in [1.54, 1.807) is 12.1 Å². The summed E-state index contributed by atoms with van der Waals surface area (Å²) in [5.74, 6) is 0.426. The lowest BCUT2D eigenvalue weighted by atomic mass is 10.3. The summed E-state index contributed by atoms with van der Waals surface area (Å²) in [5.41, 5.74) is 5.53. The van der Waals surface area contributed by atoms with Crippen LogP contribution in [0.4, 0.5) is 0 Å². The summed E-state index contributed by atoms with van der Waals surface area (Å²) < 4.78 is 5.34. The van der Waals surface area contributed by atoms with Gasteiger partial charge in [0.2, 0.25) is 0 Å². The lowest BCUT2D eigenvalue weighted by Crippen LogP contribution is -2.23. The second kappa shape index (κ2) is 5.08. The largest absolute Gasteiger partial charge is 0.489 e. The maximum absolute atomic E-state index is 5.88. The van der Waals surface area contributed by atoms with Gasteiger partial charge in [0.25, 0.3) is 0 Å². The Morgan fingerprint density at radius 3 is 2.21 bits per heavy atom. The first kappa shape index (κ1) is 11.9. The standard InChI is InChI=1S/C9H10Cl3NO/c1-5(13)4-14-9-7(11)2-6(10)3-8(9)12/h2-3,5H,4,13H2,1H3/t5-/m0/s1. The molecule has 2 N–H and O–H groups in total. The molecule has 0 fully saturated rings. The minimum atomic E-state index is -0.0715. The normalized spacial score (nSPS) is 12.6. The molecule has 1 rings (SSSR count). The van der Waals surface area contributed by atoms with Crippen molar-refractivity contribution in [3.05, 3.63) is 27.2 Å². The van der Waals surface area contributed by atoms with Gasteiger partial charge < -0.3 is 10.5 Å². The van der Waals surface area contributed by atoms with Crippen molar-refractivity contribution in [2.45, 2.75) is 13.0 Å². The van der Waals surface area contributed by atoms with Crippen LogP contribution in [0, 0.1) is 0 Å². The molecule has 0 amide bonds. The van der Waals surface area contributed by atoms with Crippen LogP contribution >= 0.6 is 34.8 Å². The van der Waals surface area contributed by atoms with Crippen LogP contribution in [0.15, 0.2) is 12.1 Å². The van der Waals surface area contributed by atoms with E-state index < -0.39 is 0 Å². The summed E-state index contributed by atoms with van der Waals surface area (Å²) in [6, 6.07) is 3.08. The summed E-state index contributed by atoms with van der Waals surface area (Å²) in [4.78, 5) is 0. The van der Waals surface area contributed by atoms with Crippen molar-refractivity contribution >= 4 is 34.8 Å². The number of halogens is 3. The van der Waals surface area contributed by atoms with Crippen LogP contribution in [0.1, 0.15) is 6.92 Å². The number of hydrogen-bond acceptors (Lipinski definition) is 2. The van der Waals surface area contributed by atoms with Crippen molar-refractivity contribution in [1.82, 2.24) is 0 Å². The molecular formula is C9H10Cl3NO. The van der Waals surface area contributed by atoms with Crippen molar-refractivity contribution in [2.24, 2.45) is 5.73 Å². The van der Waals surface area contributed by atoms with E-state index in [1.165, 1.54) is 0 Å². The number of benzene rings is 1. The van der Waals surface area contributed by atoms with E-state index in [0.717, 1.165) is 0 Å². The topological polar surface area (TPSA) is 35.2 Å². The highest BCUT2D eigenvalue weighted by Gasteiger charge is 2.09. The molecule has 1 aromatic carbocycles. The van der Waals surface area contributed by atoms with Crippen molar-refractivity contribution in [3.63, 3.8) is 0 Å². The third-order valence-electron chi connectivity index (χ3n) is 1.45. The number of hydrogen-bond donors (Lipinski definition) is 1. The summed E-state index contributed by atoms with van der Waals surface area (Å²) in [6.07, 6.45) is 0. The molecule has 0 heterocycles. The second-order valence-corrected chi connectivity index (χ2v) is 4.24. The van der Waals surface area contributed by atoms with Gasteiger partial charge in [0, 0.05) is 11.1 Å². The Balaban J connectivity index is 2.86. The molecule has 0 aliphatic rings. The van der Waals surface area contributed by atoms with Gasteiger partial charge in [0.1, 0.15) is 6.61 Å². The Bertz CT molecular complexity index is 305. The first-order chi connectivity index (χ1) is 6.50. The van der Waals surface area contributed by atoms with Gasteiger partial charge in [-0.05, 0) is 19.1 Å². The lowest BCUT2D eigenvalue weighted by molar-refractivity contribution is 0.296. The molecule has 0 spiro atoms. The van der Waals surface area contributed by atoms with Crippen LogP contribution < -0.4 is 10.5 Å². The van der Waals surface area contributed by atoms with E-state index in [1.807, 2.05) is 6.92 Å². The van der Waals surface area contributed by atoms with Crippen molar-refractivity contribution in [1.29, 1.82) is 0 Å². The summed E-state index contributed by atoms with van der Waals surface area (Å²) in [6.45, 7) is 2.19. The number of ether oxygens (including phenoxy) is 1. The van der Waals surface area contributed by atoms with Crippen molar-refractivity contribution in [3.8, 4) is 5.75 Å². The van der Waals surface area contributed by atoms with Gasteiger partial charge in [-0.3, -0.25) is 0 Å². The third-order valence-corrected chi connectivity index (χ3v) is 2.23. The zero-order valence-electron chi connectivity index (χ0n) is 7.56. The van der Waals surface area contributed by atoms with Gasteiger partial charge in [-0.1, -0.05) is 34.8 Å². The van der Waals surface area contributed by atoms with Gasteiger partial charge in [-0.2, -0.15) is 0 Å². The van der Waals surface area contributed by atoms with Gasteiger partial charge in [0.15, 0.2) is 5.75 Å². The third kappa shape index (κ3) is 3.21. The van der Waals surface area contributed by atoms with Crippen LogP contribution in [0.5, 0.6) is 5.75 Å². The fraction of sp³-hybridized carbons (Fsp3) is 0.333. The van der Waals surface area contributed by atoms with E-state index in [0.29, 0.717) is 27.4 Å². The van der Waals surface area contributed by atoms with E-state index in [4.69, 9.17) is 45.3 Å². The second-order valence-electron chi connectivity index (χ2n) is 2.99. The first-order valence-corrected chi connectivity index (χ1v) is 5.17. The van der Waals surface area contributed by atoms with Gasteiger partial charge in [-0.15, -0.1) is 0 Å². The molecule has 0 bridgehead atoms. The van der Waals surface area contributed by atoms with Crippen LogP contribution in [0.2, 0.25) is 15.1 Å². The zero-order valence-corrected chi connectivity index (χ0v) is 9.83. The summed E-state index contributed by atoms with van der Waals surface area (Å²) in [7, 11) is 0. The van der Waals surface area contributed by atoms with Gasteiger partial charge >= 0.3 is 0 Å². The smallest absolute Gasteiger partial charge is 0.156 e. The molecule has 5 heteroatoms. The van der Waals surface area contributed by atoms with Gasteiger partial charge in [0.05, 0.1) is 10.0 Å². The Morgan fingerprint density at radius 2 is 1.79 bits per heavy atom. The van der Waals surface area contributed by atoms with E-state index in [-0.39, 0.29) is 6.04 Å². The summed E-state index contributed by atoms with van der Waals surface area (Å²) >= 11 is 17.5. The zero-order chi connectivity index (χ0) is 10.7. The van der Waals surface area contributed by atoms with Crippen LogP contribution in [0.25, 0.3) is 0 Å². The first-order valence-electron chi connectivity index (χ1n) is 4.03. The Kier molecular flexibility index (Phi) is 4.32. The predicted octanol–water partition coefficient (Wildman–Crippen LogP) is 3.37. The van der Waals surface area contributed by atoms with E-state index in [2.05, 4.69) is 0 Å². The molecule has 0 aliphatic heterocycles. The highest BCUT2D eigenvalue weighted by atomic mass is 35.5. The molecule has 0 aliphatic carbocycles. The fourth-order valence-corrected chi connectivity index (χ4v) is 1.81. The molecule has 2 nitrogen and oxygen atoms in total. The Hall–Kier alpha value is -0.150. The minimum Gasteiger partial charge on any atom is -0.489 e. The SMILES string of the molecule is C[C@H](N)COc1c(Cl)cc(Cl)cc1Cl. The Labute approximate surface area is 97.9 Å². The fourth-order valence-electron chi connectivity index (χ4n) is 0.882. The molecule has 0 radical (unpaired) electrons. The van der Waals surface area contributed by atoms with Crippen molar-refractivity contribution in [2.75, 3.05) is 6.61 Å². The molecule has 1 atom stereocenters. The molecular weight excluding hydrogens is 244 g/mol. The minimum absolute atomic E-state index is 0.0715. The van der Waals surface area contributed by atoms with Crippen molar-refractivity contribution < 1.29 is 4.74 Å². The monoisotopic (exact) mass is 253 g/mol. The molecule has 0 aromatic heterocycles. The van der Waals surface area contributed by atoms with E-state index >= 15 is 0 Å². The molecule has 78 valence electrons. The molecule has 0 unspecified atom stereocenters. The average molecular weight is 255 g/mol. The van der Waals surface area contributed by atoms with Crippen LogP contribution in [-0.4, -0.2) is 12.6 Å². The Morgan fingerprint density at radius 1 is 1.29 bits per heavy atom. The predicted molar refractivity (Wildman–Crippen MR) is 60.6 cm³/mol. The van der Waals surface area contributed by atoms with E-state index in [9.17, 15) is 0 Å². The highest BCUT2D eigenvalue weighted by molar-refractivity contribution is 6.40. The van der Waals surface area contributed by atoms with Crippen LogP contribution in [-0.2, 0) is 0 Å². The quantitative estimate of drug-likeness (QED) is 0.897. The molecule has 0 saturated heterocycles. The van der Waals surface area contributed by atoms with Gasteiger partial charge in [-0.25, -0.2) is 0 Å². The van der Waals surface area contributed by atoms with Crippen LogP contribution in [0.3, 0.4) is 0 Å². The molecule has 1 aromatic rings. The maximum atomic E-state index is 5.88. The summed E-state index contributed by atoms with van der Waals surface area (Å²) in [5, 5.41) is 1.26. The molecule has 14 heavy (non-hydrogen) atoms. The number of rotatable bonds is 3. The highest BCUT2D eigenvalue weighted by Crippen LogP contribution is 2.35. The average Bonchev–Trinajstić information content (AvgIpc) is 2.01. The lowest BCUT2D eigenvalue weighted by Gasteiger charge is -2.11.